The Balaban J connectivity index is 2.24. The molecule has 0 saturated heterocycles. The first-order valence-electron chi connectivity index (χ1n) is 7.46. The summed E-state index contributed by atoms with van der Waals surface area (Å²) in [5.41, 5.74) is 2.31. The van der Waals surface area contributed by atoms with Crippen molar-refractivity contribution in [1.82, 2.24) is 5.32 Å². The molecule has 106 valence electrons. The minimum absolute atomic E-state index is 0.131. The third-order valence-electron chi connectivity index (χ3n) is 3.38. The molecule has 19 heavy (non-hydrogen) atoms. The number of nitrogens with one attached hydrogen (secondary N) is 1. The van der Waals surface area contributed by atoms with Gasteiger partial charge in [-0.25, -0.2) is 0 Å². The molecule has 1 amide bonds. The first-order chi connectivity index (χ1) is 9.11. The number of hydrogen-bond donors (Lipinski definition) is 1. The van der Waals surface area contributed by atoms with Gasteiger partial charge in [-0.2, -0.15) is 0 Å². The Bertz CT molecular complexity index is 369. The molecule has 1 unspecified atom stereocenters. The molecule has 1 atom stereocenters. The highest BCUT2D eigenvalue weighted by Gasteiger charge is 2.07. The largest absolute Gasteiger partial charge is 0.353 e. The summed E-state index contributed by atoms with van der Waals surface area (Å²) in [6.07, 6.45) is 6.60. The van der Waals surface area contributed by atoms with Crippen LogP contribution in [0.4, 0.5) is 0 Å². The number of amides is 1. The van der Waals surface area contributed by atoms with Crippen LogP contribution in [-0.4, -0.2) is 11.9 Å². The second kappa shape index (κ2) is 8.73. The molecule has 0 aliphatic carbocycles. The molecule has 0 radical (unpaired) electrons. The van der Waals surface area contributed by atoms with Crippen LogP contribution in [0.3, 0.4) is 0 Å². The predicted molar refractivity (Wildman–Crippen MR) is 81.2 cm³/mol. The maximum absolute atomic E-state index is 11.9. The Morgan fingerprint density at radius 3 is 2.47 bits per heavy atom. The topological polar surface area (TPSA) is 29.1 Å². The zero-order valence-corrected chi connectivity index (χ0v) is 12.5. The van der Waals surface area contributed by atoms with Crippen LogP contribution >= 0.6 is 0 Å². The van der Waals surface area contributed by atoms with Gasteiger partial charge >= 0.3 is 0 Å². The lowest BCUT2D eigenvalue weighted by Gasteiger charge is -2.13. The Morgan fingerprint density at radius 1 is 1.16 bits per heavy atom. The highest BCUT2D eigenvalue weighted by Crippen LogP contribution is 2.07. The molecule has 1 aromatic carbocycles. The number of unbranched alkanes of at least 4 members (excludes halogenated alkanes) is 3. The van der Waals surface area contributed by atoms with Gasteiger partial charge in [0.25, 0.3) is 0 Å². The van der Waals surface area contributed by atoms with E-state index < -0.39 is 0 Å². The minimum atomic E-state index is 0.131. The van der Waals surface area contributed by atoms with Crippen LogP contribution in [0.2, 0.25) is 0 Å². The monoisotopic (exact) mass is 261 g/mol. The molecule has 0 aliphatic heterocycles. The van der Waals surface area contributed by atoms with Crippen molar-refractivity contribution in [2.24, 2.45) is 0 Å². The zero-order chi connectivity index (χ0) is 14.1. The molecule has 2 heteroatoms. The normalized spacial score (nSPS) is 12.2. The Labute approximate surface area is 117 Å². The van der Waals surface area contributed by atoms with Crippen molar-refractivity contribution in [2.75, 3.05) is 0 Å². The van der Waals surface area contributed by atoms with Crippen molar-refractivity contribution in [2.45, 2.75) is 65.3 Å². The number of rotatable bonds is 8. The lowest BCUT2D eigenvalue weighted by molar-refractivity contribution is -0.121. The third-order valence-corrected chi connectivity index (χ3v) is 3.38. The van der Waals surface area contributed by atoms with Crippen LogP contribution in [0, 0.1) is 6.92 Å². The van der Waals surface area contributed by atoms with Gasteiger partial charge in [0.1, 0.15) is 0 Å². The van der Waals surface area contributed by atoms with Crippen LogP contribution in [0.15, 0.2) is 24.3 Å². The van der Waals surface area contributed by atoms with Crippen molar-refractivity contribution < 1.29 is 4.79 Å². The van der Waals surface area contributed by atoms with E-state index >= 15 is 0 Å². The minimum Gasteiger partial charge on any atom is -0.353 e. The van der Waals surface area contributed by atoms with E-state index in [1.165, 1.54) is 31.2 Å². The van der Waals surface area contributed by atoms with E-state index in [1.54, 1.807) is 0 Å². The SMILES string of the molecule is CCCCCCC(C)NC(=O)Cc1ccc(C)cc1. The quantitative estimate of drug-likeness (QED) is 0.704. The molecule has 0 bridgehead atoms. The second-order valence-electron chi connectivity index (χ2n) is 5.48. The molecule has 2 nitrogen and oxygen atoms in total. The van der Waals surface area contributed by atoms with Gasteiger partial charge in [0.2, 0.25) is 5.91 Å². The van der Waals surface area contributed by atoms with E-state index in [0.29, 0.717) is 6.42 Å². The summed E-state index contributed by atoms with van der Waals surface area (Å²) in [5, 5.41) is 3.08. The summed E-state index contributed by atoms with van der Waals surface area (Å²) in [6.45, 7) is 6.37. The molecule has 1 aromatic rings. The van der Waals surface area contributed by atoms with Gasteiger partial charge in [-0.1, -0.05) is 62.4 Å². The van der Waals surface area contributed by atoms with Crippen LogP contribution in [0.1, 0.15) is 57.1 Å². The molecule has 1 rings (SSSR count). The lowest BCUT2D eigenvalue weighted by Crippen LogP contribution is -2.33. The summed E-state index contributed by atoms with van der Waals surface area (Å²) in [6, 6.07) is 8.45. The summed E-state index contributed by atoms with van der Waals surface area (Å²) in [7, 11) is 0. The number of carbonyl (C=O) groups is 1. The van der Waals surface area contributed by atoms with Crippen molar-refractivity contribution >= 4 is 5.91 Å². The van der Waals surface area contributed by atoms with Gasteiger partial charge in [-0.15, -0.1) is 0 Å². The van der Waals surface area contributed by atoms with Crippen LogP contribution in [-0.2, 0) is 11.2 Å². The first-order valence-corrected chi connectivity index (χ1v) is 7.46. The Hall–Kier alpha value is -1.31. The van der Waals surface area contributed by atoms with E-state index in [9.17, 15) is 4.79 Å². The average molecular weight is 261 g/mol. The van der Waals surface area contributed by atoms with Crippen LogP contribution in [0.5, 0.6) is 0 Å². The van der Waals surface area contributed by atoms with E-state index in [2.05, 4.69) is 38.2 Å². The lowest BCUT2D eigenvalue weighted by atomic mass is 10.1. The maximum atomic E-state index is 11.9. The molecule has 0 spiro atoms. The predicted octanol–water partition coefficient (Wildman–Crippen LogP) is 4.01. The van der Waals surface area contributed by atoms with E-state index in [0.717, 1.165) is 12.0 Å². The molecule has 0 saturated carbocycles. The summed E-state index contributed by atoms with van der Waals surface area (Å²) < 4.78 is 0. The highest BCUT2D eigenvalue weighted by atomic mass is 16.1. The van der Waals surface area contributed by atoms with Gasteiger partial charge < -0.3 is 5.32 Å². The molecule has 0 heterocycles. The number of aryl methyl sites for hydroxylation is 1. The van der Waals surface area contributed by atoms with Crippen LogP contribution in [0.25, 0.3) is 0 Å². The summed E-state index contributed by atoms with van der Waals surface area (Å²) >= 11 is 0. The molecule has 0 aliphatic rings. The average Bonchev–Trinajstić information content (AvgIpc) is 2.37. The maximum Gasteiger partial charge on any atom is 0.224 e. The Morgan fingerprint density at radius 2 is 1.84 bits per heavy atom. The van der Waals surface area contributed by atoms with Crippen molar-refractivity contribution in [3.05, 3.63) is 35.4 Å². The fourth-order valence-corrected chi connectivity index (χ4v) is 2.17. The number of benzene rings is 1. The Kier molecular flexibility index (Phi) is 7.24. The van der Waals surface area contributed by atoms with Gasteiger partial charge in [0.15, 0.2) is 0 Å². The van der Waals surface area contributed by atoms with Gasteiger partial charge in [-0.05, 0) is 25.8 Å². The van der Waals surface area contributed by atoms with Gasteiger partial charge in [0, 0.05) is 6.04 Å². The van der Waals surface area contributed by atoms with Gasteiger partial charge in [-0.3, -0.25) is 4.79 Å². The van der Waals surface area contributed by atoms with Gasteiger partial charge in [0.05, 0.1) is 6.42 Å². The van der Waals surface area contributed by atoms with Crippen LogP contribution < -0.4 is 5.32 Å². The standard InChI is InChI=1S/C17H27NO/c1-4-5-6-7-8-15(3)18-17(19)13-16-11-9-14(2)10-12-16/h9-12,15H,4-8,13H2,1-3H3,(H,18,19). The summed E-state index contributed by atoms with van der Waals surface area (Å²) in [4.78, 5) is 11.9. The fraction of sp³-hybridized carbons (Fsp3) is 0.588. The van der Waals surface area contributed by atoms with E-state index in [-0.39, 0.29) is 11.9 Å². The zero-order valence-electron chi connectivity index (χ0n) is 12.5. The number of hydrogen-bond acceptors (Lipinski definition) is 1. The number of carbonyl (C=O) groups excluding carboxylic acids is 1. The molecule has 0 aromatic heterocycles. The smallest absolute Gasteiger partial charge is 0.224 e. The van der Waals surface area contributed by atoms with Crippen molar-refractivity contribution in [3.63, 3.8) is 0 Å². The molecular weight excluding hydrogens is 234 g/mol. The van der Waals surface area contributed by atoms with Crippen molar-refractivity contribution in [3.8, 4) is 0 Å². The molecule has 1 N–H and O–H groups in total. The van der Waals surface area contributed by atoms with Crippen molar-refractivity contribution in [1.29, 1.82) is 0 Å². The highest BCUT2D eigenvalue weighted by molar-refractivity contribution is 5.78. The molecule has 0 fully saturated rings. The second-order valence-corrected chi connectivity index (χ2v) is 5.48. The fourth-order valence-electron chi connectivity index (χ4n) is 2.17. The third kappa shape index (κ3) is 7.00. The van der Waals surface area contributed by atoms with E-state index in [4.69, 9.17) is 0 Å². The molecular formula is C17H27NO. The first kappa shape index (κ1) is 15.7. The van der Waals surface area contributed by atoms with E-state index in [1.807, 2.05) is 12.1 Å². The summed E-state index contributed by atoms with van der Waals surface area (Å²) in [5.74, 6) is 0.131.